The predicted octanol–water partition coefficient (Wildman–Crippen LogP) is 3.04. The summed E-state index contributed by atoms with van der Waals surface area (Å²) in [4.78, 5) is 24.3. The Morgan fingerprint density at radius 3 is 2.38 bits per heavy atom. The largest absolute Gasteiger partial charge is 0.459 e. The second-order valence-corrected chi connectivity index (χ2v) is 6.18. The van der Waals surface area contributed by atoms with Gasteiger partial charge in [0, 0.05) is 5.92 Å². The zero-order valence-electron chi connectivity index (χ0n) is 13.6. The summed E-state index contributed by atoms with van der Waals surface area (Å²) in [6, 6.07) is 18.8. The molecule has 4 nitrogen and oxygen atoms in total. The van der Waals surface area contributed by atoms with Crippen LogP contribution in [-0.4, -0.2) is 17.9 Å². The molecule has 24 heavy (non-hydrogen) atoms. The Hall–Kier alpha value is -2.62. The molecule has 3 unspecified atom stereocenters. The molecule has 3 atom stereocenters. The summed E-state index contributed by atoms with van der Waals surface area (Å²) >= 11 is 0. The van der Waals surface area contributed by atoms with Crippen molar-refractivity contribution in [3.8, 4) is 0 Å². The maximum absolute atomic E-state index is 12.3. The van der Waals surface area contributed by atoms with Gasteiger partial charge < -0.3 is 10.1 Å². The van der Waals surface area contributed by atoms with Gasteiger partial charge >= 0.3 is 5.97 Å². The van der Waals surface area contributed by atoms with Crippen molar-refractivity contribution < 1.29 is 14.3 Å². The van der Waals surface area contributed by atoms with Crippen LogP contribution in [0.15, 0.2) is 60.7 Å². The molecule has 3 rings (SSSR count). The van der Waals surface area contributed by atoms with Crippen LogP contribution in [0.1, 0.15) is 30.4 Å². The molecule has 0 aliphatic heterocycles. The number of ether oxygens (including phenoxy) is 1. The van der Waals surface area contributed by atoms with Crippen LogP contribution in [0.4, 0.5) is 0 Å². The summed E-state index contributed by atoms with van der Waals surface area (Å²) in [6.45, 7) is 1.88. The van der Waals surface area contributed by atoms with E-state index in [0.717, 1.165) is 12.0 Å². The Morgan fingerprint density at radius 1 is 1.08 bits per heavy atom. The normalized spacial score (nSPS) is 20.0. The Bertz CT molecular complexity index is 699. The standard InChI is InChI=1S/C20H21NO3/c1-14(20(23)24-13-15-8-4-2-5-9-15)21-19(22)18-12-17(18)16-10-6-3-7-11-16/h2-11,14,17-18H,12-13H2,1H3,(H,21,22). The molecule has 1 aliphatic carbocycles. The third-order valence-electron chi connectivity index (χ3n) is 4.29. The minimum Gasteiger partial charge on any atom is -0.459 e. The third kappa shape index (κ3) is 4.02. The van der Waals surface area contributed by atoms with Gasteiger partial charge in [0.2, 0.25) is 5.91 Å². The van der Waals surface area contributed by atoms with Crippen LogP contribution in [0, 0.1) is 5.92 Å². The lowest BCUT2D eigenvalue weighted by molar-refractivity contribution is -0.148. The number of nitrogens with one attached hydrogen (secondary N) is 1. The molecule has 0 spiro atoms. The first-order chi connectivity index (χ1) is 11.6. The summed E-state index contributed by atoms with van der Waals surface area (Å²) in [7, 11) is 0. The lowest BCUT2D eigenvalue weighted by Gasteiger charge is -2.13. The van der Waals surface area contributed by atoms with Gasteiger partial charge in [-0.15, -0.1) is 0 Å². The summed E-state index contributed by atoms with van der Waals surface area (Å²) in [5.41, 5.74) is 2.10. The average molecular weight is 323 g/mol. The van der Waals surface area contributed by atoms with Gasteiger partial charge in [-0.05, 0) is 30.4 Å². The summed E-state index contributed by atoms with van der Waals surface area (Å²) in [5.74, 6) is -0.271. The highest BCUT2D eigenvalue weighted by Gasteiger charge is 2.44. The SMILES string of the molecule is CC(NC(=O)C1CC1c1ccccc1)C(=O)OCc1ccccc1. The Kier molecular flexibility index (Phi) is 4.94. The monoisotopic (exact) mass is 323 g/mol. The molecule has 1 saturated carbocycles. The maximum atomic E-state index is 12.3. The van der Waals surface area contributed by atoms with Gasteiger partial charge in [0.25, 0.3) is 0 Å². The minimum absolute atomic E-state index is 0.0447. The van der Waals surface area contributed by atoms with Crippen LogP contribution in [0.3, 0.4) is 0 Å². The van der Waals surface area contributed by atoms with Crippen molar-refractivity contribution in [2.45, 2.75) is 31.9 Å². The summed E-state index contributed by atoms with van der Waals surface area (Å²) in [6.07, 6.45) is 0.835. The molecule has 0 saturated heterocycles. The molecule has 124 valence electrons. The predicted molar refractivity (Wildman–Crippen MR) is 91.1 cm³/mol. The van der Waals surface area contributed by atoms with E-state index in [2.05, 4.69) is 5.32 Å². The minimum atomic E-state index is -0.641. The van der Waals surface area contributed by atoms with Gasteiger partial charge in [-0.25, -0.2) is 4.79 Å². The fourth-order valence-corrected chi connectivity index (χ4v) is 2.79. The highest BCUT2D eigenvalue weighted by atomic mass is 16.5. The molecule has 1 N–H and O–H groups in total. The fraction of sp³-hybridized carbons (Fsp3) is 0.300. The van der Waals surface area contributed by atoms with E-state index < -0.39 is 12.0 Å². The highest BCUT2D eigenvalue weighted by molar-refractivity contribution is 5.87. The number of esters is 1. The first-order valence-corrected chi connectivity index (χ1v) is 8.21. The molecule has 4 heteroatoms. The first-order valence-electron chi connectivity index (χ1n) is 8.21. The van der Waals surface area contributed by atoms with E-state index in [4.69, 9.17) is 4.74 Å². The lowest BCUT2D eigenvalue weighted by Crippen LogP contribution is -2.40. The number of hydrogen-bond acceptors (Lipinski definition) is 3. The van der Waals surface area contributed by atoms with E-state index in [9.17, 15) is 9.59 Å². The first kappa shape index (κ1) is 16.2. The Morgan fingerprint density at radius 2 is 1.71 bits per heavy atom. The highest BCUT2D eigenvalue weighted by Crippen LogP contribution is 2.47. The van der Waals surface area contributed by atoms with E-state index in [1.54, 1.807) is 6.92 Å². The van der Waals surface area contributed by atoms with Crippen molar-refractivity contribution in [3.05, 3.63) is 71.8 Å². The summed E-state index contributed by atoms with van der Waals surface area (Å²) in [5, 5.41) is 2.76. The molecule has 0 heterocycles. The number of amides is 1. The van der Waals surface area contributed by atoms with Crippen molar-refractivity contribution in [3.63, 3.8) is 0 Å². The van der Waals surface area contributed by atoms with E-state index >= 15 is 0 Å². The van der Waals surface area contributed by atoms with Crippen molar-refractivity contribution in [2.75, 3.05) is 0 Å². The second-order valence-electron chi connectivity index (χ2n) is 6.18. The van der Waals surface area contributed by atoms with E-state index in [1.807, 2.05) is 60.7 Å². The van der Waals surface area contributed by atoms with Crippen molar-refractivity contribution in [1.82, 2.24) is 5.32 Å². The van der Waals surface area contributed by atoms with Crippen LogP contribution in [0.5, 0.6) is 0 Å². The van der Waals surface area contributed by atoms with E-state index in [1.165, 1.54) is 5.56 Å². The van der Waals surface area contributed by atoms with Crippen molar-refractivity contribution in [2.24, 2.45) is 5.92 Å². The smallest absolute Gasteiger partial charge is 0.328 e. The van der Waals surface area contributed by atoms with E-state index in [0.29, 0.717) is 0 Å². The van der Waals surface area contributed by atoms with Crippen LogP contribution >= 0.6 is 0 Å². The molecule has 2 aromatic rings. The fourth-order valence-electron chi connectivity index (χ4n) is 2.79. The lowest BCUT2D eigenvalue weighted by atomic mass is 10.1. The van der Waals surface area contributed by atoms with Gasteiger partial charge in [0.15, 0.2) is 0 Å². The molecule has 1 aliphatic rings. The van der Waals surface area contributed by atoms with Gasteiger partial charge in [0.1, 0.15) is 12.6 Å². The zero-order chi connectivity index (χ0) is 16.9. The number of carbonyl (C=O) groups excluding carboxylic acids is 2. The number of carbonyl (C=O) groups is 2. The molecule has 0 aromatic heterocycles. The zero-order valence-corrected chi connectivity index (χ0v) is 13.6. The molecule has 0 radical (unpaired) electrons. The van der Waals surface area contributed by atoms with Gasteiger partial charge in [0.05, 0.1) is 0 Å². The van der Waals surface area contributed by atoms with Crippen molar-refractivity contribution >= 4 is 11.9 Å². The number of rotatable bonds is 6. The quantitative estimate of drug-likeness (QED) is 0.831. The van der Waals surface area contributed by atoms with Crippen molar-refractivity contribution in [1.29, 1.82) is 0 Å². The number of benzene rings is 2. The van der Waals surface area contributed by atoms with Crippen LogP contribution in [0.25, 0.3) is 0 Å². The van der Waals surface area contributed by atoms with Gasteiger partial charge in [-0.3, -0.25) is 4.79 Å². The molecular weight excluding hydrogens is 302 g/mol. The molecule has 1 amide bonds. The van der Waals surface area contributed by atoms with E-state index in [-0.39, 0.29) is 24.3 Å². The van der Waals surface area contributed by atoms with Gasteiger partial charge in [-0.2, -0.15) is 0 Å². The Labute approximate surface area is 141 Å². The second kappa shape index (κ2) is 7.30. The molecule has 2 aromatic carbocycles. The molecule has 0 bridgehead atoms. The van der Waals surface area contributed by atoms with Gasteiger partial charge in [-0.1, -0.05) is 60.7 Å². The third-order valence-corrected chi connectivity index (χ3v) is 4.29. The molecule has 1 fully saturated rings. The topological polar surface area (TPSA) is 55.4 Å². The van der Waals surface area contributed by atoms with Crippen LogP contribution in [0.2, 0.25) is 0 Å². The molecular formula is C20H21NO3. The summed E-state index contributed by atoms with van der Waals surface area (Å²) < 4.78 is 5.25. The van der Waals surface area contributed by atoms with Crippen LogP contribution < -0.4 is 5.32 Å². The number of hydrogen-bond donors (Lipinski definition) is 1. The van der Waals surface area contributed by atoms with Crippen LogP contribution in [-0.2, 0) is 20.9 Å². The average Bonchev–Trinajstić information content (AvgIpc) is 3.42. The maximum Gasteiger partial charge on any atom is 0.328 e. The Balaban J connectivity index is 1.45.